The van der Waals surface area contributed by atoms with Crippen molar-refractivity contribution in [1.82, 2.24) is 0 Å². The summed E-state index contributed by atoms with van der Waals surface area (Å²) in [5, 5.41) is 24.6. The first-order chi connectivity index (χ1) is 11.3. The molecular formula is C15H13Cl2N3O4. The number of aliphatic hydroxyl groups is 1. The fraction of sp³-hybridized carbons (Fsp3) is 0.133. The Kier molecular flexibility index (Phi) is 5.61. The number of carbonyl (C=O) groups is 1. The number of amides is 1. The van der Waals surface area contributed by atoms with E-state index in [4.69, 9.17) is 28.9 Å². The number of anilines is 1. The summed E-state index contributed by atoms with van der Waals surface area (Å²) in [6.45, 7) is 0.0226. The van der Waals surface area contributed by atoms with Crippen molar-refractivity contribution in [3.63, 3.8) is 0 Å². The summed E-state index contributed by atoms with van der Waals surface area (Å²) < 4.78 is 0. The minimum atomic E-state index is -0.961. The van der Waals surface area contributed by atoms with E-state index in [0.717, 1.165) is 6.07 Å². The van der Waals surface area contributed by atoms with E-state index in [1.807, 2.05) is 0 Å². The SMILES string of the molecule is NC(=O)c1cc([N+](=O)[O-])ccc1NCC(O)c1cc(Cl)cc(Cl)c1. The molecule has 0 fully saturated rings. The number of nitrogens with one attached hydrogen (secondary N) is 1. The minimum Gasteiger partial charge on any atom is -0.387 e. The van der Waals surface area contributed by atoms with Crippen molar-refractivity contribution in [2.75, 3.05) is 11.9 Å². The van der Waals surface area contributed by atoms with Crippen LogP contribution in [0.3, 0.4) is 0 Å². The number of rotatable bonds is 6. The molecule has 0 aliphatic heterocycles. The Labute approximate surface area is 147 Å². The summed E-state index contributed by atoms with van der Waals surface area (Å²) in [5.74, 6) is -0.818. The van der Waals surface area contributed by atoms with Crippen LogP contribution in [0.4, 0.5) is 11.4 Å². The minimum absolute atomic E-state index is 0.0226. The second-order valence-electron chi connectivity index (χ2n) is 4.95. The van der Waals surface area contributed by atoms with Crippen molar-refractivity contribution in [3.05, 3.63) is 67.7 Å². The Morgan fingerprint density at radius 2 is 1.88 bits per heavy atom. The molecule has 7 nitrogen and oxygen atoms in total. The molecule has 2 aromatic carbocycles. The standard InChI is InChI=1S/C15H13Cl2N3O4/c16-9-3-8(4-10(17)5-9)14(21)7-19-13-2-1-11(20(23)24)6-12(13)15(18)22/h1-6,14,19,21H,7H2,(H2,18,22). The lowest BCUT2D eigenvalue weighted by Gasteiger charge is -2.15. The third-order valence-corrected chi connectivity index (χ3v) is 3.67. The number of primary amides is 1. The predicted molar refractivity (Wildman–Crippen MR) is 91.5 cm³/mol. The number of nitro benzene ring substituents is 1. The number of carbonyl (C=O) groups excluding carboxylic acids is 1. The van der Waals surface area contributed by atoms with Gasteiger partial charge < -0.3 is 16.2 Å². The molecule has 24 heavy (non-hydrogen) atoms. The molecule has 0 bridgehead atoms. The number of non-ortho nitro benzene ring substituents is 1. The summed E-state index contributed by atoms with van der Waals surface area (Å²) in [6, 6.07) is 8.32. The fourth-order valence-corrected chi connectivity index (χ4v) is 2.64. The molecule has 1 unspecified atom stereocenters. The Morgan fingerprint density at radius 3 is 2.42 bits per heavy atom. The zero-order valence-corrected chi connectivity index (χ0v) is 13.7. The van der Waals surface area contributed by atoms with Crippen LogP contribution in [0.1, 0.15) is 22.0 Å². The number of halogens is 2. The van der Waals surface area contributed by atoms with Gasteiger partial charge in [0.15, 0.2) is 0 Å². The molecule has 0 saturated heterocycles. The molecule has 2 rings (SSSR count). The molecule has 0 aliphatic rings. The summed E-state index contributed by atoms with van der Waals surface area (Å²) in [6.07, 6.45) is -0.961. The maximum Gasteiger partial charge on any atom is 0.270 e. The highest BCUT2D eigenvalue weighted by Crippen LogP contribution is 2.26. The van der Waals surface area contributed by atoms with E-state index in [0.29, 0.717) is 15.6 Å². The molecule has 0 radical (unpaired) electrons. The maximum atomic E-state index is 11.5. The molecule has 0 saturated carbocycles. The van der Waals surface area contributed by atoms with Crippen molar-refractivity contribution >= 4 is 40.5 Å². The van der Waals surface area contributed by atoms with Gasteiger partial charge in [0, 0.05) is 34.4 Å². The van der Waals surface area contributed by atoms with Crippen molar-refractivity contribution in [3.8, 4) is 0 Å². The van der Waals surface area contributed by atoms with E-state index >= 15 is 0 Å². The van der Waals surface area contributed by atoms with Gasteiger partial charge in [0.25, 0.3) is 11.6 Å². The van der Waals surface area contributed by atoms with Gasteiger partial charge in [-0.25, -0.2) is 0 Å². The molecule has 0 spiro atoms. The maximum absolute atomic E-state index is 11.5. The average molecular weight is 370 g/mol. The quantitative estimate of drug-likeness (QED) is 0.533. The highest BCUT2D eigenvalue weighted by atomic mass is 35.5. The van der Waals surface area contributed by atoms with Gasteiger partial charge in [0.05, 0.1) is 16.6 Å². The van der Waals surface area contributed by atoms with Gasteiger partial charge in [-0.2, -0.15) is 0 Å². The molecule has 0 aromatic heterocycles. The van der Waals surface area contributed by atoms with Gasteiger partial charge in [-0.15, -0.1) is 0 Å². The van der Waals surface area contributed by atoms with Crippen LogP contribution in [-0.4, -0.2) is 22.5 Å². The first-order valence-corrected chi connectivity index (χ1v) is 7.49. The zero-order chi connectivity index (χ0) is 17.9. The first kappa shape index (κ1) is 18.0. The Hall–Kier alpha value is -2.35. The summed E-state index contributed by atoms with van der Waals surface area (Å²) in [5.41, 5.74) is 5.71. The second-order valence-corrected chi connectivity index (χ2v) is 5.82. The molecule has 126 valence electrons. The van der Waals surface area contributed by atoms with Crippen LogP contribution in [0.2, 0.25) is 10.0 Å². The Balaban J connectivity index is 2.19. The van der Waals surface area contributed by atoms with E-state index in [1.54, 1.807) is 12.1 Å². The van der Waals surface area contributed by atoms with Gasteiger partial charge in [-0.05, 0) is 29.8 Å². The second kappa shape index (κ2) is 7.48. The van der Waals surface area contributed by atoms with Crippen LogP contribution < -0.4 is 11.1 Å². The van der Waals surface area contributed by atoms with E-state index in [1.165, 1.54) is 18.2 Å². The van der Waals surface area contributed by atoms with Crippen molar-refractivity contribution in [2.45, 2.75) is 6.10 Å². The smallest absolute Gasteiger partial charge is 0.270 e. The van der Waals surface area contributed by atoms with Crippen LogP contribution in [0.25, 0.3) is 0 Å². The topological polar surface area (TPSA) is 118 Å². The van der Waals surface area contributed by atoms with E-state index in [9.17, 15) is 20.0 Å². The summed E-state index contributed by atoms with van der Waals surface area (Å²) >= 11 is 11.8. The molecule has 0 aliphatic carbocycles. The number of hydrogen-bond donors (Lipinski definition) is 3. The van der Waals surface area contributed by atoms with Crippen LogP contribution in [0.15, 0.2) is 36.4 Å². The van der Waals surface area contributed by atoms with Gasteiger partial charge in [0.2, 0.25) is 0 Å². The van der Waals surface area contributed by atoms with Crippen LogP contribution in [0.5, 0.6) is 0 Å². The van der Waals surface area contributed by atoms with Gasteiger partial charge >= 0.3 is 0 Å². The first-order valence-electron chi connectivity index (χ1n) is 6.74. The predicted octanol–water partition coefficient (Wildman–Crippen LogP) is 3.15. The molecule has 9 heteroatoms. The third-order valence-electron chi connectivity index (χ3n) is 3.23. The zero-order valence-electron chi connectivity index (χ0n) is 12.2. The summed E-state index contributed by atoms with van der Waals surface area (Å²) in [7, 11) is 0. The lowest BCUT2D eigenvalue weighted by Crippen LogP contribution is -2.18. The molecule has 2 aromatic rings. The third kappa shape index (κ3) is 4.35. The number of nitro groups is 1. The van der Waals surface area contributed by atoms with Crippen molar-refractivity contribution in [2.24, 2.45) is 5.73 Å². The van der Waals surface area contributed by atoms with Crippen molar-refractivity contribution in [1.29, 1.82) is 0 Å². The number of aliphatic hydroxyl groups excluding tert-OH is 1. The number of nitrogens with zero attached hydrogens (tertiary/aromatic N) is 1. The molecule has 0 heterocycles. The number of benzene rings is 2. The van der Waals surface area contributed by atoms with Crippen LogP contribution >= 0.6 is 23.2 Å². The van der Waals surface area contributed by atoms with Gasteiger partial charge in [-0.3, -0.25) is 14.9 Å². The lowest BCUT2D eigenvalue weighted by atomic mass is 10.1. The molecule has 1 atom stereocenters. The number of nitrogens with two attached hydrogens (primary N) is 1. The van der Waals surface area contributed by atoms with Crippen LogP contribution in [-0.2, 0) is 0 Å². The van der Waals surface area contributed by atoms with Crippen molar-refractivity contribution < 1.29 is 14.8 Å². The average Bonchev–Trinajstić information content (AvgIpc) is 2.51. The van der Waals surface area contributed by atoms with E-state index in [2.05, 4.69) is 5.32 Å². The molecule has 1 amide bonds. The monoisotopic (exact) mass is 369 g/mol. The van der Waals surface area contributed by atoms with Gasteiger partial charge in [0.1, 0.15) is 0 Å². The van der Waals surface area contributed by atoms with E-state index < -0.39 is 16.9 Å². The number of hydrogen-bond acceptors (Lipinski definition) is 5. The lowest BCUT2D eigenvalue weighted by molar-refractivity contribution is -0.384. The molecule has 4 N–H and O–H groups in total. The normalized spacial score (nSPS) is 11.8. The summed E-state index contributed by atoms with van der Waals surface area (Å²) in [4.78, 5) is 21.6. The fourth-order valence-electron chi connectivity index (χ4n) is 2.10. The highest BCUT2D eigenvalue weighted by Gasteiger charge is 2.16. The molecular weight excluding hydrogens is 357 g/mol. The van der Waals surface area contributed by atoms with E-state index in [-0.39, 0.29) is 23.5 Å². The van der Waals surface area contributed by atoms with Crippen LogP contribution in [0, 0.1) is 10.1 Å². The van der Waals surface area contributed by atoms with Gasteiger partial charge in [-0.1, -0.05) is 23.2 Å². The highest BCUT2D eigenvalue weighted by molar-refractivity contribution is 6.34. The Morgan fingerprint density at radius 1 is 1.25 bits per heavy atom. The Bertz CT molecular complexity index is 778. The largest absolute Gasteiger partial charge is 0.387 e.